The predicted octanol–water partition coefficient (Wildman–Crippen LogP) is 3.34. The maximum Gasteiger partial charge on any atom is 0.433 e. The Morgan fingerprint density at radius 2 is 1.96 bits per heavy atom. The largest absolute Gasteiger partial charge is 0.433 e. The molecule has 0 aromatic carbocycles. The molecule has 0 aliphatic heterocycles. The Kier molecular flexibility index (Phi) is 3.99. The van der Waals surface area contributed by atoms with Crippen LogP contribution in [0.2, 0.25) is 0 Å². The Bertz CT molecular complexity index is 833. The van der Waals surface area contributed by atoms with Gasteiger partial charge in [0.1, 0.15) is 5.69 Å². The zero-order chi connectivity index (χ0) is 16.4. The highest BCUT2D eigenvalue weighted by atomic mass is 32.1. The third-order valence-electron chi connectivity index (χ3n) is 3.06. The summed E-state index contributed by atoms with van der Waals surface area (Å²) in [5, 5.41) is 11.8. The Balaban J connectivity index is 1.82. The van der Waals surface area contributed by atoms with Gasteiger partial charge in [0, 0.05) is 28.3 Å². The summed E-state index contributed by atoms with van der Waals surface area (Å²) in [7, 11) is 0. The number of aromatic nitrogens is 3. The predicted molar refractivity (Wildman–Crippen MR) is 77.0 cm³/mol. The van der Waals surface area contributed by atoms with Gasteiger partial charge in [-0.2, -0.15) is 13.2 Å². The summed E-state index contributed by atoms with van der Waals surface area (Å²) in [6.45, 7) is 0. The van der Waals surface area contributed by atoms with Gasteiger partial charge in [-0.3, -0.25) is 5.21 Å². The SMILES string of the molecule is O[n+]1cccc(-c2csc(Cc3cccc(C(F)(F)F)n3)n2)c1. The average molecular weight is 338 g/mol. The molecule has 1 N–H and O–H groups in total. The van der Waals surface area contributed by atoms with Crippen molar-refractivity contribution < 1.29 is 23.1 Å². The van der Waals surface area contributed by atoms with Crippen molar-refractivity contribution in [1.29, 1.82) is 0 Å². The number of hydrogen-bond donors (Lipinski definition) is 1. The van der Waals surface area contributed by atoms with Crippen molar-refractivity contribution in [2.24, 2.45) is 0 Å². The van der Waals surface area contributed by atoms with E-state index in [-0.39, 0.29) is 6.42 Å². The maximum atomic E-state index is 12.7. The van der Waals surface area contributed by atoms with E-state index in [2.05, 4.69) is 9.97 Å². The van der Waals surface area contributed by atoms with Crippen molar-refractivity contribution in [1.82, 2.24) is 9.97 Å². The van der Waals surface area contributed by atoms with Gasteiger partial charge in [0.15, 0.2) is 0 Å². The first-order chi connectivity index (χ1) is 10.9. The summed E-state index contributed by atoms with van der Waals surface area (Å²) in [4.78, 5) is 8.01. The second-order valence-corrected chi connectivity index (χ2v) is 5.73. The summed E-state index contributed by atoms with van der Waals surface area (Å²) in [6.07, 6.45) is -1.26. The second kappa shape index (κ2) is 5.96. The molecule has 0 atom stereocenters. The monoisotopic (exact) mass is 338 g/mol. The molecule has 8 heteroatoms. The zero-order valence-corrected chi connectivity index (χ0v) is 12.5. The van der Waals surface area contributed by atoms with Gasteiger partial charge in [-0.25, -0.2) is 9.97 Å². The highest BCUT2D eigenvalue weighted by Gasteiger charge is 2.32. The minimum absolute atomic E-state index is 0.223. The van der Waals surface area contributed by atoms with Crippen LogP contribution >= 0.6 is 11.3 Å². The van der Waals surface area contributed by atoms with Crippen LogP contribution < -0.4 is 4.73 Å². The van der Waals surface area contributed by atoms with E-state index in [4.69, 9.17) is 0 Å². The summed E-state index contributed by atoms with van der Waals surface area (Å²) in [5.74, 6) is 0. The molecule has 0 saturated heterocycles. The summed E-state index contributed by atoms with van der Waals surface area (Å²) < 4.78 is 38.9. The fourth-order valence-electron chi connectivity index (χ4n) is 2.03. The van der Waals surface area contributed by atoms with Gasteiger partial charge in [0.2, 0.25) is 12.4 Å². The minimum Gasteiger partial charge on any atom is -0.285 e. The molecule has 118 valence electrons. The molecule has 0 fully saturated rings. The van der Waals surface area contributed by atoms with Crippen molar-refractivity contribution in [2.45, 2.75) is 12.6 Å². The lowest BCUT2D eigenvalue weighted by molar-refractivity contribution is -0.904. The van der Waals surface area contributed by atoms with Crippen LogP contribution in [0.25, 0.3) is 11.3 Å². The lowest BCUT2D eigenvalue weighted by atomic mass is 10.2. The number of nitrogens with zero attached hydrogens (tertiary/aromatic N) is 3. The van der Waals surface area contributed by atoms with Crippen LogP contribution in [0.3, 0.4) is 0 Å². The maximum absolute atomic E-state index is 12.7. The molecule has 3 rings (SSSR count). The van der Waals surface area contributed by atoms with Crippen LogP contribution in [0.15, 0.2) is 48.1 Å². The number of hydrogen-bond acceptors (Lipinski definition) is 4. The molecular formula is C15H11F3N3OS+. The molecule has 0 bridgehead atoms. The third kappa shape index (κ3) is 3.65. The summed E-state index contributed by atoms with van der Waals surface area (Å²) in [5.41, 5.74) is 0.775. The average Bonchev–Trinajstić information content (AvgIpc) is 2.95. The molecule has 3 heterocycles. The number of rotatable bonds is 3. The topological polar surface area (TPSA) is 49.9 Å². The fraction of sp³-hybridized carbons (Fsp3) is 0.133. The molecule has 3 aromatic rings. The molecule has 23 heavy (non-hydrogen) atoms. The quantitative estimate of drug-likeness (QED) is 0.589. The highest BCUT2D eigenvalue weighted by molar-refractivity contribution is 7.10. The molecule has 3 aromatic heterocycles. The zero-order valence-electron chi connectivity index (χ0n) is 11.7. The molecule has 4 nitrogen and oxygen atoms in total. The molecule has 0 saturated carbocycles. The Labute approximate surface area is 133 Å². The standard InChI is InChI=1S/C15H11F3N3OS/c16-15(17,18)13-5-1-4-11(19-13)7-14-20-12(9-23-14)10-3-2-6-21(22)8-10/h1-6,8-9,22H,7H2/q+1. The van der Waals surface area contributed by atoms with E-state index in [0.717, 1.165) is 16.4 Å². The molecule has 0 aliphatic carbocycles. The molecular weight excluding hydrogens is 327 g/mol. The molecule has 0 aliphatic rings. The van der Waals surface area contributed by atoms with Crippen LogP contribution in [0.1, 0.15) is 16.4 Å². The van der Waals surface area contributed by atoms with Gasteiger partial charge in [-0.1, -0.05) is 6.07 Å². The smallest absolute Gasteiger partial charge is 0.285 e. The van der Waals surface area contributed by atoms with Crippen molar-refractivity contribution in [3.63, 3.8) is 0 Å². The molecule has 0 spiro atoms. The minimum atomic E-state index is -4.46. The first-order valence-corrected chi connectivity index (χ1v) is 7.48. The first kappa shape index (κ1) is 15.4. The van der Waals surface area contributed by atoms with E-state index >= 15 is 0 Å². The van der Waals surface area contributed by atoms with E-state index in [1.165, 1.54) is 29.8 Å². The van der Waals surface area contributed by atoms with Gasteiger partial charge in [-0.05, 0) is 18.2 Å². The summed E-state index contributed by atoms with van der Waals surface area (Å²) >= 11 is 1.34. The lowest BCUT2D eigenvalue weighted by Gasteiger charge is -2.06. The highest BCUT2D eigenvalue weighted by Crippen LogP contribution is 2.28. The van der Waals surface area contributed by atoms with E-state index < -0.39 is 11.9 Å². The number of pyridine rings is 2. The fourth-order valence-corrected chi connectivity index (χ4v) is 2.85. The van der Waals surface area contributed by atoms with E-state index in [0.29, 0.717) is 16.4 Å². The van der Waals surface area contributed by atoms with Crippen molar-refractivity contribution in [2.75, 3.05) is 0 Å². The Morgan fingerprint density at radius 1 is 1.13 bits per heavy atom. The van der Waals surface area contributed by atoms with Crippen LogP contribution in [-0.2, 0) is 12.6 Å². The van der Waals surface area contributed by atoms with Gasteiger partial charge < -0.3 is 0 Å². The number of thiazole rings is 1. The van der Waals surface area contributed by atoms with Gasteiger partial charge in [-0.15, -0.1) is 11.3 Å². The Morgan fingerprint density at radius 3 is 2.70 bits per heavy atom. The van der Waals surface area contributed by atoms with E-state index in [1.54, 1.807) is 23.6 Å². The Hall–Kier alpha value is -2.48. The third-order valence-corrected chi connectivity index (χ3v) is 3.91. The van der Waals surface area contributed by atoms with Gasteiger partial charge in [0.05, 0.1) is 16.3 Å². The van der Waals surface area contributed by atoms with Gasteiger partial charge >= 0.3 is 6.18 Å². The van der Waals surface area contributed by atoms with Crippen molar-refractivity contribution >= 4 is 11.3 Å². The van der Waals surface area contributed by atoms with E-state index in [9.17, 15) is 18.4 Å². The normalized spacial score (nSPS) is 11.6. The van der Waals surface area contributed by atoms with Crippen molar-refractivity contribution in [3.8, 4) is 11.3 Å². The second-order valence-electron chi connectivity index (χ2n) is 4.79. The van der Waals surface area contributed by atoms with E-state index in [1.807, 2.05) is 0 Å². The van der Waals surface area contributed by atoms with Gasteiger partial charge in [0.25, 0.3) is 0 Å². The molecule has 0 amide bonds. The molecule has 0 radical (unpaired) electrons. The molecule has 0 unspecified atom stereocenters. The van der Waals surface area contributed by atoms with Crippen LogP contribution in [-0.4, -0.2) is 15.2 Å². The van der Waals surface area contributed by atoms with Crippen molar-refractivity contribution in [3.05, 3.63) is 64.5 Å². The lowest BCUT2D eigenvalue weighted by Crippen LogP contribution is -2.28. The van der Waals surface area contributed by atoms with Crippen LogP contribution in [0.4, 0.5) is 13.2 Å². The first-order valence-electron chi connectivity index (χ1n) is 6.60. The van der Waals surface area contributed by atoms with Crippen LogP contribution in [0, 0.1) is 0 Å². The number of alkyl halides is 3. The summed E-state index contributed by atoms with van der Waals surface area (Å²) in [6, 6.07) is 7.28. The number of halogens is 3. The van der Waals surface area contributed by atoms with Crippen LogP contribution in [0.5, 0.6) is 0 Å².